The third-order valence-electron chi connectivity index (χ3n) is 3.05. The highest BCUT2D eigenvalue weighted by molar-refractivity contribution is 5.99. The van der Waals surface area contributed by atoms with Crippen LogP contribution in [0.1, 0.15) is 23.6 Å². The van der Waals surface area contributed by atoms with Crippen molar-refractivity contribution in [1.82, 2.24) is 0 Å². The van der Waals surface area contributed by atoms with Gasteiger partial charge in [0.2, 0.25) is 0 Å². The summed E-state index contributed by atoms with van der Waals surface area (Å²) in [5, 5.41) is 4.04. The summed E-state index contributed by atoms with van der Waals surface area (Å²) < 4.78 is 38.6. The Hall–Kier alpha value is -2.30. The summed E-state index contributed by atoms with van der Waals surface area (Å²) in [5.41, 5.74) is 4.30. The fraction of sp³-hybridized carbons (Fsp3) is 0.188. The maximum absolute atomic E-state index is 12.9. The number of rotatable bonds is 3. The predicted molar refractivity (Wildman–Crippen MR) is 78.5 cm³/mol. The van der Waals surface area contributed by atoms with Crippen molar-refractivity contribution in [3.8, 4) is 0 Å². The number of benzene rings is 2. The number of halogens is 3. The molecule has 2 rings (SSSR count). The van der Waals surface area contributed by atoms with E-state index in [0.717, 1.165) is 17.2 Å². The maximum Gasteiger partial charge on any atom is 0.418 e. The van der Waals surface area contributed by atoms with Crippen molar-refractivity contribution >= 4 is 11.4 Å². The summed E-state index contributed by atoms with van der Waals surface area (Å²) in [6.45, 7) is 3.71. The molecule has 5 heteroatoms. The molecule has 2 aromatic rings. The molecule has 110 valence electrons. The highest BCUT2D eigenvalue weighted by Crippen LogP contribution is 2.34. The molecule has 0 aliphatic heterocycles. The molecule has 0 aromatic heterocycles. The van der Waals surface area contributed by atoms with E-state index in [4.69, 9.17) is 0 Å². The number of anilines is 1. The first-order valence-corrected chi connectivity index (χ1v) is 6.41. The molecule has 0 radical (unpaired) electrons. The van der Waals surface area contributed by atoms with E-state index in [1.54, 1.807) is 6.92 Å². The summed E-state index contributed by atoms with van der Waals surface area (Å²) in [6.07, 6.45) is -4.41. The number of hydrazone groups is 1. The van der Waals surface area contributed by atoms with Crippen LogP contribution in [0.2, 0.25) is 0 Å². The molecule has 0 bridgehead atoms. The Balaban J connectivity index is 2.23. The van der Waals surface area contributed by atoms with Crippen LogP contribution in [-0.2, 0) is 6.18 Å². The number of alkyl halides is 3. The Morgan fingerprint density at radius 1 is 1.00 bits per heavy atom. The molecule has 0 unspecified atom stereocenters. The standard InChI is InChI=1S/C16H15F3N2/c1-11-7-9-13(10-8-11)12(2)20-21-15-6-4-3-5-14(15)16(17,18)19/h3-10,21H,1-2H3/b20-12+. The lowest BCUT2D eigenvalue weighted by Crippen LogP contribution is -2.09. The monoisotopic (exact) mass is 292 g/mol. The minimum Gasteiger partial charge on any atom is -0.278 e. The summed E-state index contributed by atoms with van der Waals surface area (Å²) in [7, 11) is 0. The molecular formula is C16H15F3N2. The second-order valence-electron chi connectivity index (χ2n) is 4.72. The van der Waals surface area contributed by atoms with E-state index in [9.17, 15) is 13.2 Å². The number of hydrogen-bond acceptors (Lipinski definition) is 2. The van der Waals surface area contributed by atoms with Gasteiger partial charge in [0.15, 0.2) is 0 Å². The number of aryl methyl sites for hydroxylation is 1. The zero-order valence-electron chi connectivity index (χ0n) is 11.7. The molecule has 0 spiro atoms. The van der Waals surface area contributed by atoms with Crippen molar-refractivity contribution in [2.75, 3.05) is 5.43 Å². The van der Waals surface area contributed by atoms with Gasteiger partial charge in [0.05, 0.1) is 17.0 Å². The quantitative estimate of drug-likeness (QED) is 0.634. The highest BCUT2D eigenvalue weighted by Gasteiger charge is 2.33. The Labute approximate surface area is 121 Å². The van der Waals surface area contributed by atoms with E-state index in [0.29, 0.717) is 5.71 Å². The summed E-state index contributed by atoms with van der Waals surface area (Å²) in [5.74, 6) is 0. The smallest absolute Gasteiger partial charge is 0.278 e. The highest BCUT2D eigenvalue weighted by atomic mass is 19.4. The topological polar surface area (TPSA) is 24.4 Å². The lowest BCUT2D eigenvalue weighted by atomic mass is 10.1. The molecular weight excluding hydrogens is 277 g/mol. The molecule has 0 atom stereocenters. The normalized spacial score (nSPS) is 12.3. The largest absolute Gasteiger partial charge is 0.418 e. The zero-order valence-corrected chi connectivity index (χ0v) is 11.7. The Morgan fingerprint density at radius 2 is 1.62 bits per heavy atom. The number of para-hydroxylation sites is 1. The SMILES string of the molecule is C/C(=N\Nc1ccccc1C(F)(F)F)c1ccc(C)cc1. The van der Waals surface area contributed by atoms with Crippen molar-refractivity contribution in [3.05, 3.63) is 65.2 Å². The average Bonchev–Trinajstić information content (AvgIpc) is 2.45. The minimum atomic E-state index is -4.41. The number of nitrogens with zero attached hydrogens (tertiary/aromatic N) is 1. The third kappa shape index (κ3) is 3.84. The van der Waals surface area contributed by atoms with Crippen LogP contribution in [0.4, 0.5) is 18.9 Å². The molecule has 0 heterocycles. The van der Waals surface area contributed by atoms with Crippen LogP contribution in [0, 0.1) is 6.92 Å². The van der Waals surface area contributed by atoms with Crippen molar-refractivity contribution in [2.45, 2.75) is 20.0 Å². The van der Waals surface area contributed by atoms with Crippen LogP contribution >= 0.6 is 0 Å². The van der Waals surface area contributed by atoms with Gasteiger partial charge in [-0.2, -0.15) is 18.3 Å². The van der Waals surface area contributed by atoms with Crippen LogP contribution in [-0.4, -0.2) is 5.71 Å². The van der Waals surface area contributed by atoms with Gasteiger partial charge in [-0.15, -0.1) is 0 Å². The Morgan fingerprint density at radius 3 is 2.24 bits per heavy atom. The summed E-state index contributed by atoms with van der Waals surface area (Å²) in [4.78, 5) is 0. The van der Waals surface area contributed by atoms with Crippen LogP contribution < -0.4 is 5.43 Å². The lowest BCUT2D eigenvalue weighted by molar-refractivity contribution is -0.136. The van der Waals surface area contributed by atoms with Gasteiger partial charge >= 0.3 is 6.18 Å². The second-order valence-corrected chi connectivity index (χ2v) is 4.72. The summed E-state index contributed by atoms with van der Waals surface area (Å²) in [6, 6.07) is 12.9. The average molecular weight is 292 g/mol. The molecule has 1 N–H and O–H groups in total. The zero-order chi connectivity index (χ0) is 15.5. The lowest BCUT2D eigenvalue weighted by Gasteiger charge is -2.12. The Kier molecular flexibility index (Phi) is 4.31. The van der Waals surface area contributed by atoms with E-state index < -0.39 is 11.7 Å². The van der Waals surface area contributed by atoms with Crippen molar-refractivity contribution in [2.24, 2.45) is 5.10 Å². The first-order valence-electron chi connectivity index (χ1n) is 6.41. The van der Waals surface area contributed by atoms with Crippen LogP contribution in [0.25, 0.3) is 0 Å². The van der Waals surface area contributed by atoms with Gasteiger partial charge in [0.25, 0.3) is 0 Å². The van der Waals surface area contributed by atoms with E-state index in [2.05, 4.69) is 10.5 Å². The van der Waals surface area contributed by atoms with Crippen LogP contribution in [0.15, 0.2) is 53.6 Å². The van der Waals surface area contributed by atoms with E-state index in [1.807, 2.05) is 31.2 Å². The minimum absolute atomic E-state index is 0.0588. The number of nitrogens with one attached hydrogen (secondary N) is 1. The van der Waals surface area contributed by atoms with Gasteiger partial charge in [-0.1, -0.05) is 42.0 Å². The van der Waals surface area contributed by atoms with Crippen molar-refractivity contribution in [1.29, 1.82) is 0 Å². The Bertz CT molecular complexity index is 643. The van der Waals surface area contributed by atoms with Gasteiger partial charge in [0.1, 0.15) is 0 Å². The fourth-order valence-electron chi connectivity index (χ4n) is 1.83. The second kappa shape index (κ2) is 5.99. The van der Waals surface area contributed by atoms with Gasteiger partial charge in [-0.3, -0.25) is 5.43 Å². The predicted octanol–water partition coefficient (Wildman–Crippen LogP) is 4.85. The molecule has 0 aliphatic carbocycles. The molecule has 2 aromatic carbocycles. The van der Waals surface area contributed by atoms with Gasteiger partial charge in [-0.25, -0.2) is 0 Å². The molecule has 0 amide bonds. The fourth-order valence-corrected chi connectivity index (χ4v) is 1.83. The molecule has 0 saturated carbocycles. The first-order chi connectivity index (χ1) is 9.88. The number of hydrogen-bond donors (Lipinski definition) is 1. The molecule has 0 aliphatic rings. The van der Waals surface area contributed by atoms with Gasteiger partial charge < -0.3 is 0 Å². The summed E-state index contributed by atoms with van der Waals surface area (Å²) >= 11 is 0. The van der Waals surface area contributed by atoms with E-state index >= 15 is 0 Å². The van der Waals surface area contributed by atoms with Gasteiger partial charge in [-0.05, 0) is 31.5 Å². The molecule has 0 saturated heterocycles. The van der Waals surface area contributed by atoms with Crippen molar-refractivity contribution in [3.63, 3.8) is 0 Å². The van der Waals surface area contributed by atoms with Crippen molar-refractivity contribution < 1.29 is 13.2 Å². The van der Waals surface area contributed by atoms with Crippen LogP contribution in [0.3, 0.4) is 0 Å². The molecule has 2 nitrogen and oxygen atoms in total. The maximum atomic E-state index is 12.9. The third-order valence-corrected chi connectivity index (χ3v) is 3.05. The first kappa shape index (κ1) is 15.1. The van der Waals surface area contributed by atoms with E-state index in [1.165, 1.54) is 18.2 Å². The molecule has 21 heavy (non-hydrogen) atoms. The van der Waals surface area contributed by atoms with E-state index in [-0.39, 0.29) is 5.69 Å². The molecule has 0 fully saturated rings. The van der Waals surface area contributed by atoms with Crippen LogP contribution in [0.5, 0.6) is 0 Å². The van der Waals surface area contributed by atoms with Gasteiger partial charge in [0, 0.05) is 0 Å².